The van der Waals surface area contributed by atoms with E-state index in [0.717, 1.165) is 25.0 Å². The van der Waals surface area contributed by atoms with E-state index in [2.05, 4.69) is 15.5 Å². The van der Waals surface area contributed by atoms with Gasteiger partial charge in [0, 0.05) is 6.61 Å². The fourth-order valence-electron chi connectivity index (χ4n) is 2.27. The molecule has 7 nitrogen and oxygen atoms in total. The topological polar surface area (TPSA) is 79.1 Å². The smallest absolute Gasteiger partial charge is 0.323 e. The van der Waals surface area contributed by atoms with Crippen LogP contribution in [0.3, 0.4) is 0 Å². The number of aromatic nitrogens is 4. The largest absolute Gasteiger partial charge is 0.468 e. The van der Waals surface area contributed by atoms with Gasteiger partial charge in [-0.05, 0) is 45.7 Å². The minimum atomic E-state index is -0.467. The molecule has 0 aliphatic carbocycles. The summed E-state index contributed by atoms with van der Waals surface area (Å²) in [5.74, 6) is -0.310. The summed E-state index contributed by atoms with van der Waals surface area (Å²) in [6, 6.07) is 1.91. The highest BCUT2D eigenvalue weighted by atomic mass is 32.2. The standard InChI is InChI=1S/C13H16N4O3S2/c1-19-12(18)11(9-4-6-21-8-9)22-13-14-15-16-17(13)7-10-3-2-5-20-10/h4,6,8,10-11H,2-3,5,7H2,1H3. The number of ether oxygens (including phenoxy) is 2. The molecule has 2 unspecified atom stereocenters. The Morgan fingerprint density at radius 3 is 3.27 bits per heavy atom. The third-order valence-corrected chi connectivity index (χ3v) is 5.29. The summed E-state index contributed by atoms with van der Waals surface area (Å²) in [4.78, 5) is 12.1. The number of thioether (sulfide) groups is 1. The Morgan fingerprint density at radius 1 is 1.68 bits per heavy atom. The molecule has 0 N–H and O–H groups in total. The van der Waals surface area contributed by atoms with Crippen molar-refractivity contribution < 1.29 is 14.3 Å². The van der Waals surface area contributed by atoms with E-state index in [4.69, 9.17) is 9.47 Å². The van der Waals surface area contributed by atoms with Gasteiger partial charge in [0.05, 0.1) is 19.8 Å². The lowest BCUT2D eigenvalue weighted by molar-refractivity contribution is -0.140. The SMILES string of the molecule is COC(=O)C(Sc1nnnn1CC1CCCO1)c1ccsc1. The average molecular weight is 340 g/mol. The van der Waals surface area contributed by atoms with E-state index in [1.807, 2.05) is 16.8 Å². The lowest BCUT2D eigenvalue weighted by Gasteiger charge is -2.14. The van der Waals surface area contributed by atoms with Gasteiger partial charge in [0.15, 0.2) is 0 Å². The molecule has 3 rings (SSSR count). The first-order valence-corrected chi connectivity index (χ1v) is 8.74. The van der Waals surface area contributed by atoms with Gasteiger partial charge in [-0.15, -0.1) is 5.10 Å². The van der Waals surface area contributed by atoms with E-state index in [1.54, 1.807) is 4.68 Å². The van der Waals surface area contributed by atoms with Crippen LogP contribution in [0.2, 0.25) is 0 Å². The second-order valence-electron chi connectivity index (χ2n) is 4.86. The molecule has 1 aliphatic rings. The fraction of sp³-hybridized carbons (Fsp3) is 0.538. The van der Waals surface area contributed by atoms with Gasteiger partial charge in [-0.25, -0.2) is 4.68 Å². The number of carbonyl (C=O) groups is 1. The predicted octanol–water partition coefficient (Wildman–Crippen LogP) is 1.92. The van der Waals surface area contributed by atoms with Crippen LogP contribution >= 0.6 is 23.1 Å². The molecule has 0 saturated carbocycles. The van der Waals surface area contributed by atoms with Crippen molar-refractivity contribution in [3.8, 4) is 0 Å². The van der Waals surface area contributed by atoms with Crippen molar-refractivity contribution in [2.45, 2.75) is 35.9 Å². The number of rotatable bonds is 6. The van der Waals surface area contributed by atoms with Crippen molar-refractivity contribution in [2.75, 3.05) is 13.7 Å². The van der Waals surface area contributed by atoms with Gasteiger partial charge in [-0.1, -0.05) is 11.8 Å². The van der Waals surface area contributed by atoms with E-state index < -0.39 is 5.25 Å². The number of hydrogen-bond donors (Lipinski definition) is 0. The van der Waals surface area contributed by atoms with Crippen molar-refractivity contribution >= 4 is 29.1 Å². The van der Waals surface area contributed by atoms with Gasteiger partial charge < -0.3 is 9.47 Å². The first-order chi connectivity index (χ1) is 10.8. The lowest BCUT2D eigenvalue weighted by atomic mass is 10.2. The first kappa shape index (κ1) is 15.4. The molecule has 9 heteroatoms. The zero-order valence-electron chi connectivity index (χ0n) is 12.0. The molecular weight excluding hydrogens is 324 g/mol. The molecule has 0 aromatic carbocycles. The van der Waals surface area contributed by atoms with Gasteiger partial charge in [0.25, 0.3) is 0 Å². The van der Waals surface area contributed by atoms with Crippen LogP contribution in [0.4, 0.5) is 0 Å². The monoisotopic (exact) mass is 340 g/mol. The molecule has 2 aromatic heterocycles. The Balaban J connectivity index is 1.75. The molecule has 0 amide bonds. The van der Waals surface area contributed by atoms with Crippen molar-refractivity contribution in [2.24, 2.45) is 0 Å². The minimum absolute atomic E-state index is 0.139. The van der Waals surface area contributed by atoms with Crippen molar-refractivity contribution in [1.82, 2.24) is 20.2 Å². The third kappa shape index (κ3) is 3.47. The summed E-state index contributed by atoms with van der Waals surface area (Å²) in [6.45, 7) is 1.39. The van der Waals surface area contributed by atoms with E-state index in [1.165, 1.54) is 30.2 Å². The molecular formula is C13H16N4O3S2. The molecule has 0 radical (unpaired) electrons. The van der Waals surface area contributed by atoms with E-state index in [-0.39, 0.29) is 12.1 Å². The van der Waals surface area contributed by atoms with Crippen molar-refractivity contribution in [3.05, 3.63) is 22.4 Å². The van der Waals surface area contributed by atoms with Crippen LogP contribution < -0.4 is 0 Å². The van der Waals surface area contributed by atoms with Gasteiger partial charge in [0.1, 0.15) is 5.25 Å². The summed E-state index contributed by atoms with van der Waals surface area (Å²) < 4.78 is 12.2. The van der Waals surface area contributed by atoms with Crippen molar-refractivity contribution in [3.63, 3.8) is 0 Å². The van der Waals surface area contributed by atoms with E-state index in [0.29, 0.717) is 11.7 Å². The molecule has 0 spiro atoms. The molecule has 1 aliphatic heterocycles. The molecule has 2 atom stereocenters. The molecule has 1 saturated heterocycles. The summed E-state index contributed by atoms with van der Waals surface area (Å²) in [5.41, 5.74) is 0.897. The summed E-state index contributed by atoms with van der Waals surface area (Å²) in [5, 5.41) is 15.7. The number of hydrogen-bond acceptors (Lipinski definition) is 8. The Morgan fingerprint density at radius 2 is 2.59 bits per heavy atom. The van der Waals surface area contributed by atoms with Gasteiger partial charge in [-0.2, -0.15) is 11.3 Å². The summed E-state index contributed by atoms with van der Waals surface area (Å²) >= 11 is 2.84. The number of esters is 1. The molecule has 22 heavy (non-hydrogen) atoms. The van der Waals surface area contributed by atoms with Gasteiger partial charge in [0.2, 0.25) is 5.16 Å². The molecule has 3 heterocycles. The van der Waals surface area contributed by atoms with Crippen LogP contribution in [0.25, 0.3) is 0 Å². The highest BCUT2D eigenvalue weighted by molar-refractivity contribution is 8.00. The number of thiophene rings is 1. The summed E-state index contributed by atoms with van der Waals surface area (Å²) in [7, 11) is 1.39. The first-order valence-electron chi connectivity index (χ1n) is 6.92. The van der Waals surface area contributed by atoms with E-state index in [9.17, 15) is 4.79 Å². The lowest BCUT2D eigenvalue weighted by Crippen LogP contribution is -2.18. The highest BCUT2D eigenvalue weighted by Gasteiger charge is 2.27. The van der Waals surface area contributed by atoms with Crippen LogP contribution in [0.1, 0.15) is 23.7 Å². The third-order valence-electron chi connectivity index (χ3n) is 3.38. The van der Waals surface area contributed by atoms with Crippen LogP contribution in [0, 0.1) is 0 Å². The van der Waals surface area contributed by atoms with Gasteiger partial charge in [-0.3, -0.25) is 4.79 Å². The Kier molecular flexibility index (Phi) is 5.06. The molecule has 0 bridgehead atoms. The molecule has 1 fully saturated rings. The van der Waals surface area contributed by atoms with Crippen LogP contribution in [-0.2, 0) is 20.8 Å². The number of carbonyl (C=O) groups excluding carboxylic acids is 1. The summed E-state index contributed by atoms with van der Waals surface area (Å²) in [6.07, 6.45) is 2.21. The molecule has 2 aromatic rings. The van der Waals surface area contributed by atoms with Crippen LogP contribution in [0.15, 0.2) is 22.0 Å². The maximum atomic E-state index is 12.1. The quantitative estimate of drug-likeness (QED) is 0.587. The molecule has 118 valence electrons. The Hall–Kier alpha value is -1.45. The Labute approximate surface area is 136 Å². The average Bonchev–Trinajstić information content (AvgIpc) is 3.27. The normalized spacial score (nSPS) is 19.2. The second-order valence-corrected chi connectivity index (χ2v) is 6.71. The Bertz CT molecular complexity index is 611. The number of methoxy groups -OCH3 is 1. The zero-order chi connectivity index (χ0) is 15.4. The maximum Gasteiger partial charge on any atom is 0.323 e. The van der Waals surface area contributed by atoms with Crippen LogP contribution in [-0.4, -0.2) is 46.0 Å². The predicted molar refractivity (Wildman–Crippen MR) is 81.7 cm³/mol. The van der Waals surface area contributed by atoms with Crippen LogP contribution in [0.5, 0.6) is 0 Å². The number of nitrogens with zero attached hydrogens (tertiary/aromatic N) is 4. The minimum Gasteiger partial charge on any atom is -0.468 e. The highest BCUT2D eigenvalue weighted by Crippen LogP contribution is 2.36. The number of tetrazole rings is 1. The zero-order valence-corrected chi connectivity index (χ0v) is 13.7. The van der Waals surface area contributed by atoms with Crippen molar-refractivity contribution in [1.29, 1.82) is 0 Å². The fourth-order valence-corrected chi connectivity index (χ4v) is 4.04. The second kappa shape index (κ2) is 7.21. The van der Waals surface area contributed by atoms with E-state index >= 15 is 0 Å². The maximum absolute atomic E-state index is 12.1. The van der Waals surface area contributed by atoms with Gasteiger partial charge >= 0.3 is 5.97 Å².